The van der Waals surface area contributed by atoms with E-state index in [1.54, 1.807) is 3.38 Å². The Morgan fingerprint density at radius 2 is 1.73 bits per heavy atom. The number of halogens is 2. The van der Waals surface area contributed by atoms with Crippen molar-refractivity contribution in [3.8, 4) is 0 Å². The quantitative estimate of drug-likeness (QED) is 0.507. The SMILES string of the molecule is CCCC(=O)[N](Cc1ccccc1C1C(C)=Cc2ccccc21)[Ti]([Cl])[Cl]. The number of nitrogens with zero attached hydrogens (tertiary/aromatic N) is 1. The molecule has 0 aliphatic heterocycles. The Morgan fingerprint density at radius 3 is 2.42 bits per heavy atom. The molecule has 0 bridgehead atoms. The Labute approximate surface area is 169 Å². The van der Waals surface area contributed by atoms with E-state index in [1.165, 1.54) is 22.3 Å². The summed E-state index contributed by atoms with van der Waals surface area (Å²) in [6.07, 6.45) is 3.54. The minimum atomic E-state index is -2.55. The van der Waals surface area contributed by atoms with Gasteiger partial charge in [-0.25, -0.2) is 0 Å². The molecule has 3 rings (SSSR count). The molecule has 135 valence electrons. The molecule has 0 radical (unpaired) electrons. The van der Waals surface area contributed by atoms with Crippen LogP contribution in [0.15, 0.2) is 54.1 Å². The zero-order valence-corrected chi connectivity index (χ0v) is 18.1. The van der Waals surface area contributed by atoms with Gasteiger partial charge in [0, 0.05) is 0 Å². The van der Waals surface area contributed by atoms with E-state index in [0.29, 0.717) is 13.0 Å². The van der Waals surface area contributed by atoms with Crippen LogP contribution in [0.2, 0.25) is 0 Å². The summed E-state index contributed by atoms with van der Waals surface area (Å²) in [6.45, 7) is 4.66. The van der Waals surface area contributed by atoms with Crippen LogP contribution < -0.4 is 0 Å². The van der Waals surface area contributed by atoms with Gasteiger partial charge < -0.3 is 0 Å². The Kier molecular flexibility index (Phi) is 6.63. The van der Waals surface area contributed by atoms with Crippen LogP contribution in [0, 0.1) is 0 Å². The predicted molar refractivity (Wildman–Crippen MR) is 106 cm³/mol. The second-order valence-electron chi connectivity index (χ2n) is 6.62. The number of benzene rings is 2. The molecule has 0 N–H and O–H groups in total. The van der Waals surface area contributed by atoms with Crippen LogP contribution in [-0.4, -0.2) is 9.29 Å². The molecule has 1 amide bonds. The first-order chi connectivity index (χ1) is 12.5. The molecule has 5 heteroatoms. The van der Waals surface area contributed by atoms with Gasteiger partial charge in [-0.15, -0.1) is 0 Å². The van der Waals surface area contributed by atoms with Gasteiger partial charge in [-0.3, -0.25) is 0 Å². The summed E-state index contributed by atoms with van der Waals surface area (Å²) in [4.78, 5) is 12.5. The van der Waals surface area contributed by atoms with Crippen LogP contribution in [0.4, 0.5) is 0 Å². The standard InChI is InChI=1S/C21H23NO.2ClH.Ti/c1-3-8-20(23)22-14-17-10-5-7-12-19(17)21-15(2)13-16-9-4-6-11-18(16)21;;;/h4-7,9-13,21H,3,8,14H2,1-2H3,(H,22,23);2*1H;/q;;;+3/p-3. The van der Waals surface area contributed by atoms with Gasteiger partial charge in [0.15, 0.2) is 0 Å². The van der Waals surface area contributed by atoms with Crippen LogP contribution in [0.5, 0.6) is 0 Å². The molecule has 0 aromatic heterocycles. The van der Waals surface area contributed by atoms with E-state index < -0.39 is 16.0 Å². The predicted octanol–water partition coefficient (Wildman–Crippen LogP) is 6.20. The van der Waals surface area contributed by atoms with Gasteiger partial charge >= 0.3 is 170 Å². The third-order valence-electron chi connectivity index (χ3n) is 4.81. The Balaban J connectivity index is 1.97. The fourth-order valence-corrected chi connectivity index (χ4v) is 5.80. The fourth-order valence-electron chi connectivity index (χ4n) is 3.61. The summed E-state index contributed by atoms with van der Waals surface area (Å²) in [6, 6.07) is 16.8. The van der Waals surface area contributed by atoms with Crippen molar-refractivity contribution < 1.29 is 20.8 Å². The summed E-state index contributed by atoms with van der Waals surface area (Å²) in [7, 11) is 12.5. The number of hydrogen-bond acceptors (Lipinski definition) is 1. The first-order valence-electron chi connectivity index (χ1n) is 8.86. The van der Waals surface area contributed by atoms with Gasteiger partial charge in [0.05, 0.1) is 0 Å². The van der Waals surface area contributed by atoms with E-state index in [2.05, 4.69) is 55.5 Å². The van der Waals surface area contributed by atoms with Crippen LogP contribution in [0.1, 0.15) is 54.9 Å². The molecule has 0 fully saturated rings. The number of carbonyl (C=O) groups is 1. The first-order valence-corrected chi connectivity index (χ1v) is 13.9. The second-order valence-corrected chi connectivity index (χ2v) is 12.0. The number of amides is 1. The molecular formula is C21H22Cl2NOTi. The van der Waals surface area contributed by atoms with Gasteiger partial charge in [-0.1, -0.05) is 0 Å². The molecule has 0 saturated heterocycles. The van der Waals surface area contributed by atoms with E-state index in [0.717, 1.165) is 12.0 Å². The summed E-state index contributed by atoms with van der Waals surface area (Å²) in [5.41, 5.74) is 6.26. The van der Waals surface area contributed by atoms with Gasteiger partial charge in [-0.05, 0) is 0 Å². The van der Waals surface area contributed by atoms with Crippen molar-refractivity contribution in [1.29, 1.82) is 0 Å². The number of rotatable bonds is 6. The monoisotopic (exact) mass is 422 g/mol. The van der Waals surface area contributed by atoms with Crippen LogP contribution in [0.3, 0.4) is 0 Å². The van der Waals surface area contributed by atoms with E-state index in [9.17, 15) is 4.79 Å². The molecule has 2 aromatic rings. The number of fused-ring (bicyclic) bond motifs is 1. The third kappa shape index (κ3) is 4.09. The molecular weight excluding hydrogens is 401 g/mol. The van der Waals surface area contributed by atoms with Gasteiger partial charge in [0.25, 0.3) is 0 Å². The molecule has 0 heterocycles. The summed E-state index contributed by atoms with van der Waals surface area (Å²) in [5, 5.41) is 0. The second kappa shape index (κ2) is 8.76. The van der Waals surface area contributed by atoms with Gasteiger partial charge in [0.1, 0.15) is 0 Å². The van der Waals surface area contributed by atoms with Crippen molar-refractivity contribution in [1.82, 2.24) is 3.38 Å². The molecule has 1 unspecified atom stereocenters. The third-order valence-corrected chi connectivity index (χ3v) is 7.77. The van der Waals surface area contributed by atoms with Crippen LogP contribution >= 0.6 is 18.6 Å². The summed E-state index contributed by atoms with van der Waals surface area (Å²) >= 11 is -2.55. The Bertz CT molecular complexity index is 834. The number of hydrogen-bond donors (Lipinski definition) is 0. The maximum absolute atomic E-state index is 12.5. The van der Waals surface area contributed by atoms with Crippen molar-refractivity contribution >= 4 is 30.6 Å². The normalized spacial score (nSPS) is 15.4. The molecule has 0 spiro atoms. The van der Waals surface area contributed by atoms with Crippen molar-refractivity contribution in [2.75, 3.05) is 0 Å². The number of allylic oxidation sites excluding steroid dienone is 1. The van der Waals surface area contributed by atoms with Crippen LogP contribution in [-0.2, 0) is 27.3 Å². The average molecular weight is 423 g/mol. The zero-order valence-electron chi connectivity index (χ0n) is 15.0. The van der Waals surface area contributed by atoms with E-state index in [1.807, 2.05) is 13.0 Å². The maximum atomic E-state index is 12.5. The molecule has 0 saturated carbocycles. The van der Waals surface area contributed by atoms with Crippen molar-refractivity contribution in [3.63, 3.8) is 0 Å². The van der Waals surface area contributed by atoms with E-state index in [4.69, 9.17) is 18.6 Å². The first kappa shape index (κ1) is 19.7. The molecule has 1 aliphatic rings. The molecule has 2 aromatic carbocycles. The minimum absolute atomic E-state index is 0.0568. The molecule has 2 nitrogen and oxygen atoms in total. The van der Waals surface area contributed by atoms with Crippen molar-refractivity contribution in [2.24, 2.45) is 0 Å². The zero-order chi connectivity index (χ0) is 18.7. The summed E-state index contributed by atoms with van der Waals surface area (Å²) in [5.74, 6) is 0.279. The van der Waals surface area contributed by atoms with Crippen LogP contribution in [0.25, 0.3) is 6.08 Å². The summed E-state index contributed by atoms with van der Waals surface area (Å²) < 4.78 is 1.71. The fraction of sp³-hybridized carbons (Fsp3) is 0.286. The van der Waals surface area contributed by atoms with E-state index >= 15 is 0 Å². The molecule has 26 heavy (non-hydrogen) atoms. The van der Waals surface area contributed by atoms with E-state index in [-0.39, 0.29) is 11.8 Å². The molecule has 1 atom stereocenters. The van der Waals surface area contributed by atoms with Gasteiger partial charge in [0.2, 0.25) is 0 Å². The number of carbonyl (C=O) groups excluding carboxylic acids is 1. The van der Waals surface area contributed by atoms with Crippen molar-refractivity contribution in [2.45, 2.75) is 39.2 Å². The Hall–Kier alpha value is -1.06. The average Bonchev–Trinajstić information content (AvgIpc) is 2.95. The van der Waals surface area contributed by atoms with Gasteiger partial charge in [-0.2, -0.15) is 0 Å². The topological polar surface area (TPSA) is 20.3 Å². The molecule has 1 aliphatic carbocycles. The Morgan fingerprint density at radius 1 is 1.08 bits per heavy atom. The van der Waals surface area contributed by atoms with Crippen molar-refractivity contribution in [3.05, 3.63) is 76.4 Å².